The average Bonchev–Trinajstić information content (AvgIpc) is 3.64. The maximum Gasteiger partial charge on any atom is 0.403 e. The molecule has 5 heterocycles. The lowest BCUT2D eigenvalue weighted by Crippen LogP contribution is -2.43. The fourth-order valence-electron chi connectivity index (χ4n) is 7.55. The molecule has 0 unspecified atom stereocenters. The molecule has 9 rings (SSSR count). The fourth-order valence-corrected chi connectivity index (χ4v) is 7.55. The Morgan fingerprint density at radius 3 is 2.19 bits per heavy atom. The number of fused-ring (bicyclic) bond motifs is 7. The van der Waals surface area contributed by atoms with Crippen LogP contribution in [0.15, 0.2) is 140 Å². The predicted octanol–water partition coefficient (Wildman–Crippen LogP) is 7.55. The van der Waals surface area contributed by atoms with E-state index in [1.54, 1.807) is 0 Å². The van der Waals surface area contributed by atoms with Crippen LogP contribution in [0, 0.1) is 6.92 Å². The van der Waals surface area contributed by atoms with Gasteiger partial charge in [0.25, 0.3) is 17.1 Å². The Balaban J connectivity index is 1.44. The first kappa shape index (κ1) is 28.1. The Kier molecular flexibility index (Phi) is 6.24. The average molecular weight is 623 g/mol. The van der Waals surface area contributed by atoms with Crippen LogP contribution in [0.1, 0.15) is 27.2 Å². The number of hydrogen-bond acceptors (Lipinski definition) is 2. The minimum Gasteiger partial charge on any atom is -0.461 e. The Labute approximate surface area is 278 Å². The summed E-state index contributed by atoms with van der Waals surface area (Å²) in [5, 5.41) is 2.36. The molecular formula is C43H32N3O2+3. The standard InChI is InChI=1S/C43H32N3O2/c1-27-18-20-28(21-19-27)30-25-37-32-13-6-7-14-33(32)41(46(37)38(26-30)43(47)48-3)42-39-34(36-17-8-9-23-45(36)42)15-10-16-35(39)40-31-12-5-4-11-29(31)22-24-44(40)2/h4-26H,1-3H3/q+3. The summed E-state index contributed by atoms with van der Waals surface area (Å²) in [5.74, 6) is -0.388. The number of ether oxygens (including phenoxy) is 1. The van der Waals surface area contributed by atoms with Gasteiger partial charge in [-0.15, -0.1) is 4.57 Å². The quantitative estimate of drug-likeness (QED) is 0.151. The molecule has 0 N–H and O–H groups in total. The summed E-state index contributed by atoms with van der Waals surface area (Å²) in [6.07, 6.45) is 4.26. The molecule has 0 radical (unpaired) electrons. The number of esters is 1. The Morgan fingerprint density at radius 1 is 0.625 bits per heavy atom. The van der Waals surface area contributed by atoms with Gasteiger partial charge in [0, 0.05) is 30.3 Å². The van der Waals surface area contributed by atoms with Crippen LogP contribution in [0.25, 0.3) is 67.1 Å². The number of benzene rings is 4. The molecule has 5 heteroatoms. The molecule has 0 bridgehead atoms. The number of hydrogen-bond donors (Lipinski definition) is 0. The summed E-state index contributed by atoms with van der Waals surface area (Å²) in [6.45, 7) is 2.08. The fraction of sp³-hybridized carbons (Fsp3) is 0.0698. The summed E-state index contributed by atoms with van der Waals surface area (Å²) in [5.41, 5.74) is 14.3. The predicted molar refractivity (Wildman–Crippen MR) is 187 cm³/mol. The molecule has 3 aromatic heterocycles. The zero-order valence-electron chi connectivity index (χ0n) is 26.9. The second-order valence-corrected chi connectivity index (χ2v) is 12.5. The first-order valence-corrected chi connectivity index (χ1v) is 16.2. The van der Waals surface area contributed by atoms with Gasteiger partial charge >= 0.3 is 5.97 Å². The zero-order valence-corrected chi connectivity index (χ0v) is 26.9. The van der Waals surface area contributed by atoms with Crippen LogP contribution in [0.4, 0.5) is 0 Å². The highest BCUT2D eigenvalue weighted by molar-refractivity contribution is 6.04. The maximum atomic E-state index is 13.8. The second kappa shape index (κ2) is 10.7. The van der Waals surface area contributed by atoms with Crippen molar-refractivity contribution in [1.82, 2.24) is 0 Å². The van der Waals surface area contributed by atoms with Gasteiger partial charge in [0.1, 0.15) is 7.05 Å². The number of pyridine rings is 3. The van der Waals surface area contributed by atoms with Gasteiger partial charge in [-0.2, -0.15) is 4.57 Å². The molecule has 0 atom stereocenters. The molecule has 4 aromatic carbocycles. The molecule has 0 fully saturated rings. The molecule has 48 heavy (non-hydrogen) atoms. The van der Waals surface area contributed by atoms with Crippen LogP contribution in [-0.2, 0) is 11.8 Å². The molecule has 228 valence electrons. The van der Waals surface area contributed by atoms with E-state index in [0.717, 1.165) is 67.4 Å². The first-order valence-electron chi connectivity index (χ1n) is 16.2. The number of nitrogens with zero attached hydrogens (tertiary/aromatic N) is 3. The summed E-state index contributed by atoms with van der Waals surface area (Å²) in [7, 11) is 3.57. The number of aromatic nitrogens is 3. The molecule has 0 saturated carbocycles. The third-order valence-corrected chi connectivity index (χ3v) is 9.73. The number of rotatable bonds is 3. The number of aryl methyl sites for hydroxylation is 2. The van der Waals surface area contributed by atoms with E-state index in [4.69, 9.17) is 4.74 Å². The largest absolute Gasteiger partial charge is 0.461 e. The molecular weight excluding hydrogens is 590 g/mol. The second-order valence-electron chi connectivity index (χ2n) is 12.5. The highest BCUT2D eigenvalue weighted by atomic mass is 16.5. The van der Waals surface area contributed by atoms with E-state index in [1.165, 1.54) is 23.4 Å². The topological polar surface area (TPSA) is 37.9 Å². The van der Waals surface area contributed by atoms with Crippen LogP contribution in [0.5, 0.6) is 0 Å². The van der Waals surface area contributed by atoms with Crippen molar-refractivity contribution >= 4 is 28.1 Å². The summed E-state index contributed by atoms with van der Waals surface area (Å²) >= 11 is 0. The lowest BCUT2D eigenvalue weighted by molar-refractivity contribution is -0.659. The lowest BCUT2D eigenvalue weighted by atomic mass is 9.92. The molecule has 2 aliphatic rings. The molecule has 0 saturated heterocycles. The maximum absolute atomic E-state index is 13.8. The van der Waals surface area contributed by atoms with E-state index in [2.05, 4.69) is 161 Å². The number of methoxy groups -OCH3 is 1. The third kappa shape index (κ3) is 4.04. The van der Waals surface area contributed by atoms with E-state index in [9.17, 15) is 4.79 Å². The highest BCUT2D eigenvalue weighted by Crippen LogP contribution is 2.46. The van der Waals surface area contributed by atoms with Crippen molar-refractivity contribution in [3.8, 4) is 44.9 Å². The third-order valence-electron chi connectivity index (χ3n) is 9.73. The Bertz CT molecular complexity index is 2530. The smallest absolute Gasteiger partial charge is 0.403 e. The van der Waals surface area contributed by atoms with E-state index < -0.39 is 0 Å². The number of carbonyl (C=O) groups excluding carboxylic acids is 1. The molecule has 0 spiro atoms. The Morgan fingerprint density at radius 2 is 1.35 bits per heavy atom. The molecule has 2 aliphatic heterocycles. The van der Waals surface area contributed by atoms with E-state index in [1.807, 2.05) is 6.07 Å². The van der Waals surface area contributed by atoms with Gasteiger partial charge in [0.2, 0.25) is 17.1 Å². The van der Waals surface area contributed by atoms with Gasteiger partial charge in [0.05, 0.1) is 40.3 Å². The monoisotopic (exact) mass is 622 g/mol. The van der Waals surface area contributed by atoms with Gasteiger partial charge in [-0.1, -0.05) is 66.2 Å². The van der Waals surface area contributed by atoms with Crippen molar-refractivity contribution in [3.05, 3.63) is 162 Å². The van der Waals surface area contributed by atoms with Crippen molar-refractivity contribution in [2.45, 2.75) is 6.92 Å². The van der Waals surface area contributed by atoms with Crippen molar-refractivity contribution < 1.29 is 23.2 Å². The van der Waals surface area contributed by atoms with Gasteiger partial charge in [0.15, 0.2) is 12.4 Å². The summed E-state index contributed by atoms with van der Waals surface area (Å²) < 4.78 is 12.1. The van der Waals surface area contributed by atoms with Gasteiger partial charge < -0.3 is 4.74 Å². The Hall–Kier alpha value is -6.20. The van der Waals surface area contributed by atoms with E-state index in [-0.39, 0.29) is 5.97 Å². The summed E-state index contributed by atoms with van der Waals surface area (Å²) in [6, 6.07) is 44.7. The molecule has 7 aromatic rings. The van der Waals surface area contributed by atoms with Gasteiger partial charge in [-0.05, 0) is 59.8 Å². The van der Waals surface area contributed by atoms with Crippen molar-refractivity contribution in [3.63, 3.8) is 0 Å². The van der Waals surface area contributed by atoms with Crippen molar-refractivity contribution in [1.29, 1.82) is 0 Å². The minimum absolute atomic E-state index is 0.388. The normalized spacial score (nSPS) is 14.0. The minimum atomic E-state index is -0.388. The van der Waals surface area contributed by atoms with Crippen LogP contribution >= 0.6 is 0 Å². The molecule has 0 amide bonds. The highest BCUT2D eigenvalue weighted by Gasteiger charge is 2.48. The van der Waals surface area contributed by atoms with Crippen LogP contribution < -0.4 is 13.7 Å². The lowest BCUT2D eigenvalue weighted by Gasteiger charge is -2.10. The first-order chi connectivity index (χ1) is 23.5. The van der Waals surface area contributed by atoms with Crippen LogP contribution in [0.3, 0.4) is 0 Å². The van der Waals surface area contributed by atoms with Crippen molar-refractivity contribution in [2.75, 3.05) is 7.11 Å². The molecule has 0 aliphatic carbocycles. The van der Waals surface area contributed by atoms with E-state index in [0.29, 0.717) is 5.69 Å². The van der Waals surface area contributed by atoms with E-state index >= 15 is 0 Å². The van der Waals surface area contributed by atoms with Crippen LogP contribution in [-0.4, -0.2) is 13.1 Å². The zero-order chi connectivity index (χ0) is 32.5. The van der Waals surface area contributed by atoms with Gasteiger partial charge in [-0.3, -0.25) is 0 Å². The van der Waals surface area contributed by atoms with Crippen molar-refractivity contribution in [2.24, 2.45) is 7.05 Å². The van der Waals surface area contributed by atoms with Gasteiger partial charge in [-0.25, -0.2) is 9.36 Å². The number of carbonyl (C=O) groups is 1. The van der Waals surface area contributed by atoms with Crippen LogP contribution in [0.2, 0.25) is 0 Å². The molecule has 5 nitrogen and oxygen atoms in total. The SMILES string of the molecule is COC(=O)c1cc(-c2ccc(C)cc2)cc2[n+]1C(=C1c3c(-c4c5ccccc5cc[n+]4C)cccc3-c3cccc[n+]31)c1ccccc1-2. The summed E-state index contributed by atoms with van der Waals surface area (Å²) in [4.78, 5) is 13.8.